The molecular formula is C15H25FN2O. The number of halogens is 1. The van der Waals surface area contributed by atoms with Gasteiger partial charge in [-0.05, 0) is 52.6 Å². The Morgan fingerprint density at radius 3 is 2.32 bits per heavy atom. The fourth-order valence-electron chi connectivity index (χ4n) is 2.36. The van der Waals surface area contributed by atoms with Crippen LogP contribution in [0.3, 0.4) is 0 Å². The topological polar surface area (TPSA) is 26.7 Å². The molecule has 0 aliphatic heterocycles. The van der Waals surface area contributed by atoms with Crippen LogP contribution in [0, 0.1) is 5.82 Å². The summed E-state index contributed by atoms with van der Waals surface area (Å²) >= 11 is 0. The van der Waals surface area contributed by atoms with E-state index in [9.17, 15) is 9.50 Å². The van der Waals surface area contributed by atoms with Crippen molar-refractivity contribution in [1.82, 2.24) is 4.90 Å². The molecule has 3 nitrogen and oxygen atoms in total. The first-order chi connectivity index (χ1) is 8.86. The number of aliphatic hydroxyl groups is 1. The molecule has 0 radical (unpaired) electrons. The van der Waals surface area contributed by atoms with Gasteiger partial charge in [-0.25, -0.2) is 4.39 Å². The summed E-state index contributed by atoms with van der Waals surface area (Å²) < 4.78 is 14.2. The van der Waals surface area contributed by atoms with Crippen molar-refractivity contribution < 1.29 is 9.50 Å². The third-order valence-corrected chi connectivity index (χ3v) is 3.27. The van der Waals surface area contributed by atoms with Gasteiger partial charge in [-0.15, -0.1) is 0 Å². The van der Waals surface area contributed by atoms with Crippen LogP contribution in [0.2, 0.25) is 0 Å². The molecule has 1 unspecified atom stereocenters. The second-order valence-electron chi connectivity index (χ2n) is 5.28. The zero-order chi connectivity index (χ0) is 14.6. The third kappa shape index (κ3) is 4.18. The quantitative estimate of drug-likeness (QED) is 0.859. The van der Waals surface area contributed by atoms with E-state index in [1.165, 1.54) is 6.07 Å². The van der Waals surface area contributed by atoms with E-state index in [0.29, 0.717) is 11.3 Å². The Bertz CT molecular complexity index is 407. The number of hydrogen-bond acceptors (Lipinski definition) is 3. The van der Waals surface area contributed by atoms with E-state index in [1.807, 2.05) is 25.9 Å². The first kappa shape index (κ1) is 15.9. The van der Waals surface area contributed by atoms with Gasteiger partial charge in [0.1, 0.15) is 5.82 Å². The minimum atomic E-state index is -0.641. The van der Waals surface area contributed by atoms with E-state index in [1.54, 1.807) is 19.1 Å². The lowest BCUT2D eigenvalue weighted by Crippen LogP contribution is -2.40. The van der Waals surface area contributed by atoms with Crippen LogP contribution in [0.15, 0.2) is 18.2 Å². The summed E-state index contributed by atoms with van der Waals surface area (Å²) in [6.45, 7) is 7.37. The molecule has 0 saturated carbocycles. The smallest absolute Gasteiger partial charge is 0.146 e. The lowest BCUT2D eigenvalue weighted by atomic mass is 10.1. The fourth-order valence-corrected chi connectivity index (χ4v) is 2.36. The summed E-state index contributed by atoms with van der Waals surface area (Å²) in [7, 11) is 4.02. The van der Waals surface area contributed by atoms with Crippen LogP contribution >= 0.6 is 0 Å². The van der Waals surface area contributed by atoms with Crippen molar-refractivity contribution in [3.8, 4) is 0 Å². The van der Waals surface area contributed by atoms with Crippen molar-refractivity contribution in [2.24, 2.45) is 0 Å². The largest absolute Gasteiger partial charge is 0.389 e. The number of hydrogen-bond donors (Lipinski definition) is 1. The Hall–Kier alpha value is -1.13. The van der Waals surface area contributed by atoms with Crippen molar-refractivity contribution in [3.05, 3.63) is 29.6 Å². The highest BCUT2D eigenvalue weighted by Gasteiger charge is 2.17. The van der Waals surface area contributed by atoms with Gasteiger partial charge >= 0.3 is 0 Å². The fraction of sp³-hybridized carbons (Fsp3) is 0.600. The second-order valence-corrected chi connectivity index (χ2v) is 5.28. The summed E-state index contributed by atoms with van der Waals surface area (Å²) in [4.78, 5) is 4.14. The molecule has 19 heavy (non-hydrogen) atoms. The van der Waals surface area contributed by atoms with E-state index in [0.717, 1.165) is 13.1 Å². The molecular weight excluding hydrogens is 243 g/mol. The maximum atomic E-state index is 14.2. The van der Waals surface area contributed by atoms with Crippen molar-refractivity contribution in [3.63, 3.8) is 0 Å². The van der Waals surface area contributed by atoms with E-state index in [-0.39, 0.29) is 11.9 Å². The molecule has 1 rings (SSSR count). The highest BCUT2D eigenvalue weighted by Crippen LogP contribution is 2.25. The van der Waals surface area contributed by atoms with Gasteiger partial charge in [0.25, 0.3) is 0 Å². The Labute approximate surface area is 115 Å². The van der Waals surface area contributed by atoms with Crippen LogP contribution < -0.4 is 4.90 Å². The van der Waals surface area contributed by atoms with Gasteiger partial charge < -0.3 is 14.9 Å². The minimum absolute atomic E-state index is 0.229. The average molecular weight is 268 g/mol. The van der Waals surface area contributed by atoms with Crippen molar-refractivity contribution in [2.75, 3.05) is 32.1 Å². The lowest BCUT2D eigenvalue weighted by Gasteiger charge is -2.32. The van der Waals surface area contributed by atoms with Gasteiger partial charge in [-0.1, -0.05) is 6.07 Å². The first-order valence-corrected chi connectivity index (χ1v) is 6.75. The van der Waals surface area contributed by atoms with E-state index < -0.39 is 6.10 Å². The summed E-state index contributed by atoms with van der Waals surface area (Å²) in [6.07, 6.45) is -0.641. The summed E-state index contributed by atoms with van der Waals surface area (Å²) in [5, 5.41) is 9.48. The SMILES string of the molecule is CCN(c1ccc([C@@H](C)O)cc1F)C(C)CN(C)C. The Morgan fingerprint density at radius 1 is 1.26 bits per heavy atom. The monoisotopic (exact) mass is 268 g/mol. The number of anilines is 1. The number of benzene rings is 1. The normalized spacial score (nSPS) is 14.5. The van der Waals surface area contributed by atoms with Crippen LogP contribution in [0.1, 0.15) is 32.4 Å². The van der Waals surface area contributed by atoms with Gasteiger partial charge in [0.05, 0.1) is 11.8 Å². The van der Waals surface area contributed by atoms with Crippen LogP contribution in [0.4, 0.5) is 10.1 Å². The number of nitrogens with zero attached hydrogens (tertiary/aromatic N) is 2. The van der Waals surface area contributed by atoms with Crippen LogP contribution in [0.25, 0.3) is 0 Å². The molecule has 1 aromatic carbocycles. The molecule has 1 N–H and O–H groups in total. The van der Waals surface area contributed by atoms with Crippen molar-refractivity contribution in [2.45, 2.75) is 32.9 Å². The molecule has 0 heterocycles. The summed E-state index contributed by atoms with van der Waals surface area (Å²) in [5.41, 5.74) is 1.21. The Kier molecular flexibility index (Phi) is 5.76. The Morgan fingerprint density at radius 2 is 1.89 bits per heavy atom. The molecule has 0 fully saturated rings. The maximum Gasteiger partial charge on any atom is 0.146 e. The zero-order valence-electron chi connectivity index (χ0n) is 12.5. The molecule has 1 aromatic rings. The molecule has 0 aliphatic rings. The molecule has 108 valence electrons. The van der Waals surface area contributed by atoms with Crippen molar-refractivity contribution in [1.29, 1.82) is 0 Å². The summed E-state index contributed by atoms with van der Waals surface area (Å²) in [5.74, 6) is -0.272. The number of likely N-dealkylation sites (N-methyl/N-ethyl adjacent to an activating group) is 2. The van der Waals surface area contributed by atoms with Gasteiger partial charge in [0.2, 0.25) is 0 Å². The van der Waals surface area contributed by atoms with E-state index in [2.05, 4.69) is 11.8 Å². The maximum absolute atomic E-state index is 14.2. The average Bonchev–Trinajstić information content (AvgIpc) is 2.30. The molecule has 0 spiro atoms. The molecule has 0 bridgehead atoms. The lowest BCUT2D eigenvalue weighted by molar-refractivity contribution is 0.199. The van der Waals surface area contributed by atoms with Crippen LogP contribution in [-0.2, 0) is 0 Å². The molecule has 0 aromatic heterocycles. The summed E-state index contributed by atoms with van der Waals surface area (Å²) in [6, 6.07) is 5.19. The standard InChI is InChI=1S/C15H25FN2O/c1-6-18(11(2)10-17(4)5)15-8-7-13(12(3)19)9-14(15)16/h7-9,11-12,19H,6,10H2,1-5H3/t11?,12-/m1/s1. The van der Waals surface area contributed by atoms with Gasteiger partial charge in [0.15, 0.2) is 0 Å². The predicted molar refractivity (Wildman–Crippen MR) is 78.1 cm³/mol. The van der Waals surface area contributed by atoms with Gasteiger partial charge in [-0.2, -0.15) is 0 Å². The van der Waals surface area contributed by atoms with Crippen LogP contribution in [-0.4, -0.2) is 43.2 Å². The van der Waals surface area contributed by atoms with Crippen molar-refractivity contribution >= 4 is 5.69 Å². The molecule has 0 saturated heterocycles. The molecule has 0 aliphatic carbocycles. The molecule has 4 heteroatoms. The number of aliphatic hydroxyl groups excluding tert-OH is 1. The highest BCUT2D eigenvalue weighted by atomic mass is 19.1. The molecule has 0 amide bonds. The minimum Gasteiger partial charge on any atom is -0.389 e. The Balaban J connectivity index is 2.98. The third-order valence-electron chi connectivity index (χ3n) is 3.27. The first-order valence-electron chi connectivity index (χ1n) is 6.75. The van der Waals surface area contributed by atoms with Gasteiger partial charge in [-0.3, -0.25) is 0 Å². The zero-order valence-corrected chi connectivity index (χ0v) is 12.5. The van der Waals surface area contributed by atoms with E-state index >= 15 is 0 Å². The second kappa shape index (κ2) is 6.87. The van der Waals surface area contributed by atoms with E-state index in [4.69, 9.17) is 0 Å². The highest BCUT2D eigenvalue weighted by molar-refractivity contribution is 5.50. The molecule has 2 atom stereocenters. The predicted octanol–water partition coefficient (Wildman–Crippen LogP) is 2.66. The number of rotatable bonds is 6. The van der Waals surface area contributed by atoms with Gasteiger partial charge in [0, 0.05) is 19.1 Å². The van der Waals surface area contributed by atoms with Crippen LogP contribution in [0.5, 0.6) is 0 Å².